The Morgan fingerprint density at radius 2 is 1.75 bits per heavy atom. The van der Waals surface area contributed by atoms with Gasteiger partial charge in [-0.25, -0.2) is 0 Å². The molecule has 0 saturated heterocycles. The molecule has 0 aliphatic heterocycles. The fourth-order valence-electron chi connectivity index (χ4n) is 4.23. The van der Waals surface area contributed by atoms with Crippen LogP contribution in [0.3, 0.4) is 0 Å². The topological polar surface area (TPSA) is 32.3 Å². The third-order valence-corrected chi connectivity index (χ3v) is 5.28. The van der Waals surface area contributed by atoms with Crippen molar-refractivity contribution in [1.82, 2.24) is 5.32 Å². The van der Waals surface area contributed by atoms with Gasteiger partial charge in [-0.1, -0.05) is 24.3 Å². The monoisotopic (exact) mass is 273 g/mol. The first-order valence-electron chi connectivity index (χ1n) is 8.21. The Labute approximate surface area is 122 Å². The summed E-state index contributed by atoms with van der Waals surface area (Å²) in [6.45, 7) is 2.59. The number of aliphatic hydroxyl groups is 1. The van der Waals surface area contributed by atoms with E-state index in [2.05, 4.69) is 36.5 Å². The van der Waals surface area contributed by atoms with Crippen molar-refractivity contribution in [2.75, 3.05) is 6.61 Å². The Morgan fingerprint density at radius 1 is 1.15 bits per heavy atom. The van der Waals surface area contributed by atoms with E-state index >= 15 is 0 Å². The van der Waals surface area contributed by atoms with E-state index in [1.165, 1.54) is 25.7 Å². The Bertz CT molecular complexity index is 412. The van der Waals surface area contributed by atoms with Crippen molar-refractivity contribution in [2.24, 2.45) is 11.8 Å². The summed E-state index contributed by atoms with van der Waals surface area (Å²) in [5.41, 5.74) is 3.16. The first kappa shape index (κ1) is 14.1. The molecule has 0 radical (unpaired) electrons. The number of nitrogens with one attached hydrogen (secondary N) is 1. The number of hydrogen-bond donors (Lipinski definition) is 2. The van der Waals surface area contributed by atoms with Gasteiger partial charge in [0.05, 0.1) is 0 Å². The van der Waals surface area contributed by atoms with Gasteiger partial charge in [0.2, 0.25) is 0 Å². The van der Waals surface area contributed by atoms with Gasteiger partial charge in [-0.3, -0.25) is 0 Å². The highest BCUT2D eigenvalue weighted by Crippen LogP contribution is 2.40. The van der Waals surface area contributed by atoms with Crippen molar-refractivity contribution in [3.63, 3.8) is 0 Å². The predicted molar refractivity (Wildman–Crippen MR) is 82.8 cm³/mol. The fourth-order valence-corrected chi connectivity index (χ4v) is 4.23. The quantitative estimate of drug-likeness (QED) is 0.864. The van der Waals surface area contributed by atoms with Crippen LogP contribution in [0.25, 0.3) is 0 Å². The smallest absolute Gasteiger partial charge is 0.0431 e. The maximum Gasteiger partial charge on any atom is 0.0431 e. The molecule has 3 atom stereocenters. The van der Waals surface area contributed by atoms with Crippen LogP contribution in [-0.2, 0) is 12.8 Å². The molecule has 2 heteroatoms. The minimum Gasteiger partial charge on any atom is -0.396 e. The highest BCUT2D eigenvalue weighted by molar-refractivity contribution is 5.30. The third-order valence-electron chi connectivity index (χ3n) is 5.28. The summed E-state index contributed by atoms with van der Waals surface area (Å²) < 4.78 is 0. The number of fused-ring (bicyclic) bond motifs is 3. The first-order valence-corrected chi connectivity index (χ1v) is 8.21. The van der Waals surface area contributed by atoms with Gasteiger partial charge in [0.15, 0.2) is 0 Å². The lowest BCUT2D eigenvalue weighted by atomic mass is 9.94. The molecule has 1 aromatic carbocycles. The van der Waals surface area contributed by atoms with Crippen molar-refractivity contribution >= 4 is 0 Å². The van der Waals surface area contributed by atoms with Gasteiger partial charge >= 0.3 is 0 Å². The minimum absolute atomic E-state index is 0.314. The van der Waals surface area contributed by atoms with E-state index in [9.17, 15) is 0 Å². The fraction of sp³-hybridized carbons (Fsp3) is 0.667. The predicted octanol–water partition coefficient (Wildman–Crippen LogP) is 2.93. The molecule has 0 heterocycles. The van der Waals surface area contributed by atoms with Crippen LogP contribution >= 0.6 is 0 Å². The lowest BCUT2D eigenvalue weighted by Crippen LogP contribution is -2.43. The van der Waals surface area contributed by atoms with E-state index in [4.69, 9.17) is 5.11 Å². The van der Waals surface area contributed by atoms with Crippen molar-refractivity contribution in [3.05, 3.63) is 35.4 Å². The summed E-state index contributed by atoms with van der Waals surface area (Å²) in [5.74, 6) is 1.61. The van der Waals surface area contributed by atoms with Crippen LogP contribution < -0.4 is 5.32 Å². The summed E-state index contributed by atoms with van der Waals surface area (Å²) in [6.07, 6.45) is 7.25. The molecule has 1 aromatic rings. The Balaban J connectivity index is 1.69. The normalized spacial score (nSPS) is 29.8. The molecular formula is C18H27NO. The molecule has 2 nitrogen and oxygen atoms in total. The van der Waals surface area contributed by atoms with E-state index < -0.39 is 0 Å². The standard InChI is InChI=1S/C18H27NO/c1-13(5-4-10-20)19-18-16-8-9-17(18)12-15-7-3-2-6-14(15)11-16/h2-3,6-7,13,16-20H,4-5,8-12H2,1H3. The second kappa shape index (κ2) is 6.28. The van der Waals surface area contributed by atoms with Gasteiger partial charge in [-0.05, 0) is 68.4 Å². The van der Waals surface area contributed by atoms with Crippen LogP contribution in [0.2, 0.25) is 0 Å². The summed E-state index contributed by atoms with van der Waals surface area (Å²) in [7, 11) is 0. The van der Waals surface area contributed by atoms with Crippen LogP contribution in [0, 0.1) is 11.8 Å². The zero-order valence-corrected chi connectivity index (χ0v) is 12.5. The van der Waals surface area contributed by atoms with E-state index in [0.29, 0.717) is 18.7 Å². The van der Waals surface area contributed by atoms with Crippen LogP contribution in [0.5, 0.6) is 0 Å². The van der Waals surface area contributed by atoms with Gasteiger partial charge in [-0.2, -0.15) is 0 Å². The largest absolute Gasteiger partial charge is 0.396 e. The molecule has 3 rings (SSSR count). The molecule has 2 N–H and O–H groups in total. The number of aliphatic hydroxyl groups excluding tert-OH is 1. The zero-order valence-electron chi connectivity index (χ0n) is 12.5. The maximum atomic E-state index is 8.97. The Kier molecular flexibility index (Phi) is 4.42. The lowest BCUT2D eigenvalue weighted by Gasteiger charge is -2.27. The molecule has 0 amide bonds. The maximum absolute atomic E-state index is 8.97. The van der Waals surface area contributed by atoms with Crippen molar-refractivity contribution in [2.45, 2.75) is 57.5 Å². The van der Waals surface area contributed by atoms with Crippen molar-refractivity contribution in [3.8, 4) is 0 Å². The first-order chi connectivity index (χ1) is 9.78. The minimum atomic E-state index is 0.314. The molecule has 1 saturated carbocycles. The van der Waals surface area contributed by atoms with E-state index in [0.717, 1.165) is 24.7 Å². The van der Waals surface area contributed by atoms with E-state index in [1.54, 1.807) is 11.1 Å². The van der Waals surface area contributed by atoms with Gasteiger partial charge in [0.25, 0.3) is 0 Å². The summed E-state index contributed by atoms with van der Waals surface area (Å²) in [4.78, 5) is 0. The molecule has 3 unspecified atom stereocenters. The Morgan fingerprint density at radius 3 is 2.30 bits per heavy atom. The van der Waals surface area contributed by atoms with Crippen LogP contribution in [0.15, 0.2) is 24.3 Å². The molecule has 2 aliphatic carbocycles. The molecule has 20 heavy (non-hydrogen) atoms. The molecule has 2 aliphatic rings. The molecule has 110 valence electrons. The Hall–Kier alpha value is -0.860. The van der Waals surface area contributed by atoms with E-state index in [-0.39, 0.29) is 0 Å². The highest BCUT2D eigenvalue weighted by atomic mass is 16.2. The van der Waals surface area contributed by atoms with Crippen molar-refractivity contribution in [1.29, 1.82) is 0 Å². The lowest BCUT2D eigenvalue weighted by molar-refractivity contribution is 0.260. The number of hydrogen-bond acceptors (Lipinski definition) is 2. The van der Waals surface area contributed by atoms with Gasteiger partial charge in [-0.15, -0.1) is 0 Å². The molecular weight excluding hydrogens is 246 g/mol. The summed E-state index contributed by atoms with van der Waals surface area (Å²) in [5, 5.41) is 12.9. The number of rotatable bonds is 5. The van der Waals surface area contributed by atoms with Crippen molar-refractivity contribution < 1.29 is 5.11 Å². The van der Waals surface area contributed by atoms with Crippen LogP contribution in [-0.4, -0.2) is 23.8 Å². The second-order valence-corrected chi connectivity index (χ2v) is 6.73. The number of benzene rings is 1. The van der Waals surface area contributed by atoms with Gasteiger partial charge in [0.1, 0.15) is 0 Å². The molecule has 0 spiro atoms. The van der Waals surface area contributed by atoms with E-state index in [1.807, 2.05) is 0 Å². The molecule has 2 bridgehead atoms. The second-order valence-electron chi connectivity index (χ2n) is 6.73. The van der Waals surface area contributed by atoms with Gasteiger partial charge < -0.3 is 10.4 Å². The average molecular weight is 273 g/mol. The van der Waals surface area contributed by atoms with Crippen LogP contribution in [0.1, 0.15) is 43.7 Å². The van der Waals surface area contributed by atoms with Crippen LogP contribution in [0.4, 0.5) is 0 Å². The molecule has 0 aromatic heterocycles. The summed E-state index contributed by atoms with van der Waals surface area (Å²) >= 11 is 0. The SMILES string of the molecule is CC(CCCO)NC1C2CCC1Cc1ccccc1C2. The summed E-state index contributed by atoms with van der Waals surface area (Å²) in [6, 6.07) is 10.2. The highest BCUT2D eigenvalue weighted by Gasteiger charge is 2.39. The zero-order chi connectivity index (χ0) is 13.9. The molecule has 1 fully saturated rings. The third kappa shape index (κ3) is 2.91. The average Bonchev–Trinajstić information content (AvgIpc) is 2.71. The van der Waals surface area contributed by atoms with Gasteiger partial charge in [0, 0.05) is 18.7 Å².